The average Bonchev–Trinajstić information content (AvgIpc) is 3.55. The number of esters is 1. The summed E-state index contributed by atoms with van der Waals surface area (Å²) in [6, 6.07) is 11.9. The van der Waals surface area contributed by atoms with Crippen LogP contribution in [0.3, 0.4) is 0 Å². The van der Waals surface area contributed by atoms with Crippen LogP contribution in [-0.4, -0.2) is 43.4 Å². The Morgan fingerprint density at radius 2 is 1.95 bits per heavy atom. The summed E-state index contributed by atoms with van der Waals surface area (Å²) in [5.41, 5.74) is 4.15. The number of nitrogens with zero attached hydrogens (tertiary/aromatic N) is 2. The van der Waals surface area contributed by atoms with E-state index in [9.17, 15) is 4.79 Å². The molecule has 1 aromatic carbocycles. The van der Waals surface area contributed by atoms with E-state index in [1.165, 1.54) is 7.11 Å². The van der Waals surface area contributed by atoms with Crippen molar-refractivity contribution in [3.63, 3.8) is 0 Å². The highest BCUT2D eigenvalue weighted by Crippen LogP contribution is 2.37. The summed E-state index contributed by atoms with van der Waals surface area (Å²) in [6.45, 7) is 7.39. The Balaban J connectivity index is 1.69. The molecule has 0 aliphatic heterocycles. The summed E-state index contributed by atoms with van der Waals surface area (Å²) >= 11 is 3.16. The topological polar surface area (TPSA) is 82.6 Å². The van der Waals surface area contributed by atoms with E-state index in [1.54, 1.807) is 42.0 Å². The highest BCUT2D eigenvalue weighted by molar-refractivity contribution is 7.16. The van der Waals surface area contributed by atoms with Gasteiger partial charge in [-0.2, -0.15) is 0 Å². The second-order valence-corrected chi connectivity index (χ2v) is 11.0. The first-order chi connectivity index (χ1) is 17.9. The summed E-state index contributed by atoms with van der Waals surface area (Å²) in [4.78, 5) is 24.3. The second-order valence-electron chi connectivity index (χ2n) is 8.92. The predicted molar refractivity (Wildman–Crippen MR) is 150 cm³/mol. The van der Waals surface area contributed by atoms with E-state index in [0.717, 1.165) is 44.3 Å². The molecule has 3 heterocycles. The molecular weight excluding hydrogens is 506 g/mol. The molecule has 37 heavy (non-hydrogen) atoms. The number of aryl methyl sites for hydroxylation is 1. The third kappa shape index (κ3) is 6.54. The van der Waals surface area contributed by atoms with Crippen LogP contribution in [0.4, 0.5) is 10.9 Å². The Morgan fingerprint density at radius 1 is 1.11 bits per heavy atom. The van der Waals surface area contributed by atoms with Crippen LogP contribution in [0.5, 0.6) is 5.75 Å². The highest BCUT2D eigenvalue weighted by atomic mass is 32.1. The molecule has 0 saturated carbocycles. The van der Waals surface area contributed by atoms with Crippen LogP contribution < -0.4 is 10.1 Å². The van der Waals surface area contributed by atoms with E-state index in [0.29, 0.717) is 35.6 Å². The molecule has 0 radical (unpaired) electrons. The fourth-order valence-corrected chi connectivity index (χ4v) is 5.69. The van der Waals surface area contributed by atoms with E-state index >= 15 is 0 Å². The summed E-state index contributed by atoms with van der Waals surface area (Å²) in [5, 5.41) is 5.94. The third-order valence-corrected chi connectivity index (χ3v) is 7.53. The first kappa shape index (κ1) is 26.8. The Hall–Kier alpha value is -3.27. The van der Waals surface area contributed by atoms with E-state index in [2.05, 4.69) is 30.2 Å². The molecular formula is C28H31N3O4S2. The van der Waals surface area contributed by atoms with Gasteiger partial charge in [0.25, 0.3) is 0 Å². The van der Waals surface area contributed by atoms with Crippen molar-refractivity contribution in [1.82, 2.24) is 9.97 Å². The fraction of sp³-hybridized carbons (Fsp3) is 0.321. The van der Waals surface area contributed by atoms with E-state index in [1.807, 2.05) is 36.6 Å². The van der Waals surface area contributed by atoms with Crippen molar-refractivity contribution in [1.29, 1.82) is 0 Å². The number of rotatable bonds is 11. The number of pyridine rings is 1. The van der Waals surface area contributed by atoms with Crippen molar-refractivity contribution in [2.75, 3.05) is 32.8 Å². The molecule has 9 heteroatoms. The van der Waals surface area contributed by atoms with Crippen molar-refractivity contribution in [3.05, 3.63) is 64.0 Å². The van der Waals surface area contributed by atoms with Crippen LogP contribution in [0.15, 0.2) is 48.0 Å². The Bertz CT molecular complexity index is 1350. The molecule has 0 saturated heterocycles. The lowest BCUT2D eigenvalue weighted by Gasteiger charge is -2.11. The van der Waals surface area contributed by atoms with Gasteiger partial charge in [0, 0.05) is 34.2 Å². The first-order valence-electron chi connectivity index (χ1n) is 12.0. The molecule has 0 bridgehead atoms. The normalized spacial score (nSPS) is 11.1. The van der Waals surface area contributed by atoms with Crippen LogP contribution in [0.25, 0.3) is 21.7 Å². The molecule has 0 fully saturated rings. The number of nitrogens with one attached hydrogen (secondary N) is 1. The Morgan fingerprint density at radius 3 is 2.65 bits per heavy atom. The van der Waals surface area contributed by atoms with E-state index in [-0.39, 0.29) is 0 Å². The molecule has 0 aliphatic rings. The monoisotopic (exact) mass is 537 g/mol. The average molecular weight is 538 g/mol. The lowest BCUT2D eigenvalue weighted by atomic mass is 10.0. The van der Waals surface area contributed by atoms with Crippen LogP contribution in [-0.2, 0) is 15.9 Å². The number of aromatic nitrogens is 2. The molecule has 194 valence electrons. The van der Waals surface area contributed by atoms with Crippen molar-refractivity contribution < 1.29 is 19.0 Å². The zero-order valence-electron chi connectivity index (χ0n) is 21.7. The van der Waals surface area contributed by atoms with Gasteiger partial charge in [-0.15, -0.1) is 22.7 Å². The minimum atomic E-state index is -0.455. The number of thiazole rings is 1. The molecule has 3 aromatic heterocycles. The number of thiophene rings is 1. The van der Waals surface area contributed by atoms with Gasteiger partial charge in [-0.1, -0.05) is 32.0 Å². The number of hydrogen-bond donors (Lipinski definition) is 1. The van der Waals surface area contributed by atoms with Crippen LogP contribution >= 0.6 is 22.7 Å². The second kappa shape index (κ2) is 12.3. The molecule has 4 aromatic rings. The van der Waals surface area contributed by atoms with Gasteiger partial charge in [0.1, 0.15) is 23.7 Å². The molecule has 4 rings (SSSR count). The summed E-state index contributed by atoms with van der Waals surface area (Å²) in [6.07, 6.45) is 2.63. The van der Waals surface area contributed by atoms with Gasteiger partial charge in [-0.3, -0.25) is 0 Å². The molecule has 0 aliphatic carbocycles. The lowest BCUT2D eigenvalue weighted by Crippen LogP contribution is -2.07. The fourth-order valence-electron chi connectivity index (χ4n) is 3.79. The number of anilines is 2. The highest BCUT2D eigenvalue weighted by Gasteiger charge is 2.20. The van der Waals surface area contributed by atoms with Crippen LogP contribution in [0.2, 0.25) is 0 Å². The SMILES string of the molecule is COCCOc1cc(-c2nc(Nc3ncc(-c4cccs4)cc3C(=O)OC)sc2CC(C)C)ccc1C. The Labute approximate surface area is 225 Å². The van der Waals surface area contributed by atoms with Gasteiger partial charge in [-0.05, 0) is 48.4 Å². The minimum absolute atomic E-state index is 0.361. The predicted octanol–water partition coefficient (Wildman–Crippen LogP) is 7.00. The van der Waals surface area contributed by atoms with Gasteiger partial charge < -0.3 is 19.5 Å². The molecule has 7 nitrogen and oxygen atoms in total. The number of carbonyl (C=O) groups is 1. The zero-order valence-corrected chi connectivity index (χ0v) is 23.3. The number of ether oxygens (including phenoxy) is 3. The third-order valence-electron chi connectivity index (χ3n) is 5.62. The van der Waals surface area contributed by atoms with Gasteiger partial charge in [-0.25, -0.2) is 14.8 Å². The smallest absolute Gasteiger partial charge is 0.341 e. The molecule has 0 atom stereocenters. The summed E-state index contributed by atoms with van der Waals surface area (Å²) in [7, 11) is 3.03. The van der Waals surface area contributed by atoms with Crippen LogP contribution in [0, 0.1) is 12.8 Å². The van der Waals surface area contributed by atoms with Gasteiger partial charge in [0.05, 0.1) is 19.4 Å². The van der Waals surface area contributed by atoms with Gasteiger partial charge in [0.15, 0.2) is 5.13 Å². The zero-order chi connectivity index (χ0) is 26.4. The lowest BCUT2D eigenvalue weighted by molar-refractivity contribution is 0.0601. The molecule has 0 amide bonds. The summed E-state index contributed by atoms with van der Waals surface area (Å²) in [5.74, 6) is 1.22. The largest absolute Gasteiger partial charge is 0.491 e. The Kier molecular flexibility index (Phi) is 8.91. The van der Waals surface area contributed by atoms with Crippen LogP contribution in [0.1, 0.15) is 34.6 Å². The van der Waals surface area contributed by atoms with Crippen molar-refractivity contribution >= 4 is 39.6 Å². The van der Waals surface area contributed by atoms with Crippen molar-refractivity contribution in [3.8, 4) is 27.4 Å². The quantitative estimate of drug-likeness (QED) is 0.163. The standard InChI is InChI=1S/C28H31N3O4S2/c1-17(2)13-24-25(19-9-8-18(3)22(15-19)35-11-10-33-4)30-28(37-24)31-26-21(27(32)34-5)14-20(16-29-26)23-7-6-12-36-23/h6-9,12,14-17H,10-11,13H2,1-5H3,(H,29,30,31). The van der Waals surface area contributed by atoms with E-state index in [4.69, 9.17) is 19.2 Å². The van der Waals surface area contributed by atoms with E-state index < -0.39 is 5.97 Å². The summed E-state index contributed by atoms with van der Waals surface area (Å²) < 4.78 is 16.1. The number of methoxy groups -OCH3 is 2. The first-order valence-corrected chi connectivity index (χ1v) is 13.7. The number of hydrogen-bond acceptors (Lipinski definition) is 9. The maximum Gasteiger partial charge on any atom is 0.341 e. The van der Waals surface area contributed by atoms with Crippen molar-refractivity contribution in [2.45, 2.75) is 27.2 Å². The number of benzene rings is 1. The van der Waals surface area contributed by atoms with Crippen molar-refractivity contribution in [2.24, 2.45) is 5.92 Å². The van der Waals surface area contributed by atoms with Gasteiger partial charge >= 0.3 is 5.97 Å². The van der Waals surface area contributed by atoms with Gasteiger partial charge in [0.2, 0.25) is 0 Å². The maximum atomic E-state index is 12.6. The molecule has 1 N–H and O–H groups in total. The maximum absolute atomic E-state index is 12.6. The molecule has 0 spiro atoms. The minimum Gasteiger partial charge on any atom is -0.491 e. The molecule has 0 unspecified atom stereocenters. The number of carbonyl (C=O) groups excluding carboxylic acids is 1.